The van der Waals surface area contributed by atoms with E-state index < -0.39 is 0 Å². The molecule has 1 amide bonds. The molecule has 0 unspecified atom stereocenters. The van der Waals surface area contributed by atoms with Gasteiger partial charge in [0.05, 0.1) is 6.20 Å². The van der Waals surface area contributed by atoms with E-state index in [2.05, 4.69) is 25.3 Å². The van der Waals surface area contributed by atoms with Gasteiger partial charge in [-0.1, -0.05) is 6.07 Å². The van der Waals surface area contributed by atoms with Crippen molar-refractivity contribution in [2.45, 2.75) is 18.8 Å². The standard InChI is InChI=1S/C22H22N6O/c29-22(6-5-17-3-1-8-23-14-17)28-12-2-4-19(16-28)18-7-9-25-20(13-18)27-21-15-24-10-11-26-21/h1,3,5-11,13-15,19H,2,4,12,16H2,(H,25,26,27)/b6-5+/t19-/m1/s1. The molecule has 1 aliphatic rings. The van der Waals surface area contributed by atoms with Gasteiger partial charge in [-0.25, -0.2) is 9.97 Å². The molecule has 0 aromatic carbocycles. The Morgan fingerprint density at radius 3 is 2.79 bits per heavy atom. The molecule has 1 saturated heterocycles. The fourth-order valence-electron chi connectivity index (χ4n) is 3.46. The number of hydrogen-bond acceptors (Lipinski definition) is 6. The first kappa shape index (κ1) is 18.7. The fraction of sp³-hybridized carbons (Fsp3) is 0.227. The number of likely N-dealkylation sites (tertiary alicyclic amines) is 1. The molecule has 1 N–H and O–H groups in total. The Bertz CT molecular complexity index is 977. The molecule has 1 fully saturated rings. The molecular formula is C22H22N6O. The highest BCUT2D eigenvalue weighted by Gasteiger charge is 2.24. The Kier molecular flexibility index (Phi) is 5.85. The lowest BCUT2D eigenvalue weighted by Crippen LogP contribution is -2.38. The summed E-state index contributed by atoms with van der Waals surface area (Å²) in [6.07, 6.45) is 15.6. The first-order chi connectivity index (χ1) is 14.3. The first-order valence-corrected chi connectivity index (χ1v) is 9.64. The summed E-state index contributed by atoms with van der Waals surface area (Å²) in [7, 11) is 0. The minimum atomic E-state index is 0.0329. The van der Waals surface area contributed by atoms with E-state index >= 15 is 0 Å². The molecule has 29 heavy (non-hydrogen) atoms. The SMILES string of the molecule is O=C(/C=C/c1cccnc1)N1CCC[C@@H](c2ccnc(Nc3cnccn3)c2)C1. The van der Waals surface area contributed by atoms with Crippen molar-refractivity contribution in [2.24, 2.45) is 0 Å². The zero-order valence-electron chi connectivity index (χ0n) is 16.0. The predicted molar refractivity (Wildman–Crippen MR) is 111 cm³/mol. The first-order valence-electron chi connectivity index (χ1n) is 9.64. The Balaban J connectivity index is 1.42. The Hall–Kier alpha value is -3.61. The quantitative estimate of drug-likeness (QED) is 0.677. The number of aromatic nitrogens is 4. The van der Waals surface area contributed by atoms with Gasteiger partial charge in [0.1, 0.15) is 11.6 Å². The van der Waals surface area contributed by atoms with Crippen LogP contribution in [0.4, 0.5) is 11.6 Å². The number of nitrogens with zero attached hydrogens (tertiary/aromatic N) is 5. The third-order valence-corrected chi connectivity index (χ3v) is 4.91. The monoisotopic (exact) mass is 386 g/mol. The number of hydrogen-bond donors (Lipinski definition) is 1. The lowest BCUT2D eigenvalue weighted by atomic mass is 9.91. The summed E-state index contributed by atoms with van der Waals surface area (Å²) in [5.41, 5.74) is 2.09. The van der Waals surface area contributed by atoms with E-state index in [9.17, 15) is 4.79 Å². The van der Waals surface area contributed by atoms with E-state index in [1.165, 1.54) is 5.56 Å². The van der Waals surface area contributed by atoms with Crippen LogP contribution in [0.25, 0.3) is 6.08 Å². The minimum absolute atomic E-state index is 0.0329. The summed E-state index contributed by atoms with van der Waals surface area (Å²) in [6, 6.07) is 7.83. The largest absolute Gasteiger partial charge is 0.339 e. The molecule has 7 heteroatoms. The molecule has 0 saturated carbocycles. The van der Waals surface area contributed by atoms with Crippen molar-refractivity contribution in [2.75, 3.05) is 18.4 Å². The molecule has 4 rings (SSSR count). The van der Waals surface area contributed by atoms with Gasteiger partial charge in [0.15, 0.2) is 0 Å². The van der Waals surface area contributed by atoms with Crippen LogP contribution in [-0.4, -0.2) is 43.8 Å². The van der Waals surface area contributed by atoms with Gasteiger partial charge in [-0.3, -0.25) is 14.8 Å². The van der Waals surface area contributed by atoms with Crippen molar-refractivity contribution >= 4 is 23.6 Å². The van der Waals surface area contributed by atoms with Gasteiger partial charge >= 0.3 is 0 Å². The van der Waals surface area contributed by atoms with E-state index in [0.717, 1.165) is 30.8 Å². The highest BCUT2D eigenvalue weighted by molar-refractivity contribution is 5.91. The highest BCUT2D eigenvalue weighted by Crippen LogP contribution is 2.28. The Morgan fingerprint density at radius 2 is 1.97 bits per heavy atom. The van der Waals surface area contributed by atoms with Gasteiger partial charge in [0.25, 0.3) is 0 Å². The molecule has 3 aromatic heterocycles. The second-order valence-electron chi connectivity index (χ2n) is 6.93. The zero-order chi connectivity index (χ0) is 19.9. The number of nitrogens with one attached hydrogen (secondary N) is 1. The van der Waals surface area contributed by atoms with Gasteiger partial charge in [-0.2, -0.15) is 0 Å². The molecule has 0 radical (unpaired) electrons. The third kappa shape index (κ3) is 5.01. The fourth-order valence-corrected chi connectivity index (χ4v) is 3.46. The molecule has 146 valence electrons. The molecular weight excluding hydrogens is 364 g/mol. The van der Waals surface area contributed by atoms with Crippen LogP contribution in [0.5, 0.6) is 0 Å². The molecule has 0 spiro atoms. The third-order valence-electron chi connectivity index (χ3n) is 4.91. The number of rotatable bonds is 5. The molecule has 4 heterocycles. The highest BCUT2D eigenvalue weighted by atomic mass is 16.2. The van der Waals surface area contributed by atoms with E-state index in [1.807, 2.05) is 35.2 Å². The predicted octanol–water partition coefficient (Wildman–Crippen LogP) is 3.43. The molecule has 7 nitrogen and oxygen atoms in total. The zero-order valence-corrected chi connectivity index (χ0v) is 16.0. The summed E-state index contributed by atoms with van der Waals surface area (Å²) in [6.45, 7) is 1.48. The Morgan fingerprint density at radius 1 is 1.07 bits per heavy atom. The summed E-state index contributed by atoms with van der Waals surface area (Å²) >= 11 is 0. The maximum absolute atomic E-state index is 12.6. The minimum Gasteiger partial charge on any atom is -0.339 e. The lowest BCUT2D eigenvalue weighted by molar-refractivity contribution is -0.127. The number of amides is 1. The topological polar surface area (TPSA) is 83.9 Å². The van der Waals surface area contributed by atoms with Crippen LogP contribution in [0.2, 0.25) is 0 Å². The van der Waals surface area contributed by atoms with Crippen LogP contribution in [0.15, 0.2) is 67.5 Å². The van der Waals surface area contributed by atoms with Gasteiger partial charge in [-0.05, 0) is 48.2 Å². The molecule has 0 aliphatic carbocycles. The Labute approximate surface area is 169 Å². The van der Waals surface area contributed by atoms with E-state index in [1.54, 1.807) is 43.3 Å². The van der Waals surface area contributed by atoms with Crippen LogP contribution < -0.4 is 5.32 Å². The lowest BCUT2D eigenvalue weighted by Gasteiger charge is -2.32. The number of anilines is 2. The van der Waals surface area contributed by atoms with E-state index in [4.69, 9.17) is 0 Å². The maximum atomic E-state index is 12.6. The van der Waals surface area contributed by atoms with Gasteiger partial charge in [0, 0.05) is 56.1 Å². The van der Waals surface area contributed by atoms with Gasteiger partial charge < -0.3 is 10.2 Å². The van der Waals surface area contributed by atoms with Gasteiger partial charge in [-0.15, -0.1) is 0 Å². The van der Waals surface area contributed by atoms with Crippen molar-refractivity contribution in [3.8, 4) is 0 Å². The average Bonchev–Trinajstić information content (AvgIpc) is 2.79. The second-order valence-corrected chi connectivity index (χ2v) is 6.93. The number of carbonyl (C=O) groups excluding carboxylic acids is 1. The number of piperidine rings is 1. The molecule has 0 bridgehead atoms. The van der Waals surface area contributed by atoms with E-state index in [0.29, 0.717) is 12.4 Å². The van der Waals surface area contributed by atoms with Gasteiger partial charge in [0.2, 0.25) is 5.91 Å². The summed E-state index contributed by atoms with van der Waals surface area (Å²) < 4.78 is 0. The van der Waals surface area contributed by atoms with Crippen molar-refractivity contribution in [1.29, 1.82) is 0 Å². The molecule has 1 aliphatic heterocycles. The summed E-state index contributed by atoms with van der Waals surface area (Å²) in [4.78, 5) is 31.3. The molecule has 1 atom stereocenters. The van der Waals surface area contributed by atoms with Crippen LogP contribution in [0, 0.1) is 0 Å². The van der Waals surface area contributed by atoms with Crippen molar-refractivity contribution in [3.63, 3.8) is 0 Å². The normalized spacial score (nSPS) is 16.7. The van der Waals surface area contributed by atoms with Crippen molar-refractivity contribution in [3.05, 3.63) is 78.6 Å². The molecule has 3 aromatic rings. The number of pyridine rings is 2. The van der Waals surface area contributed by atoms with Crippen molar-refractivity contribution < 1.29 is 4.79 Å². The maximum Gasteiger partial charge on any atom is 0.246 e. The van der Waals surface area contributed by atoms with Crippen molar-refractivity contribution in [1.82, 2.24) is 24.8 Å². The van der Waals surface area contributed by atoms with Crippen LogP contribution in [-0.2, 0) is 4.79 Å². The average molecular weight is 386 g/mol. The van der Waals surface area contributed by atoms with Crippen LogP contribution >= 0.6 is 0 Å². The van der Waals surface area contributed by atoms with Crippen LogP contribution in [0.3, 0.4) is 0 Å². The smallest absolute Gasteiger partial charge is 0.246 e. The summed E-state index contributed by atoms with van der Waals surface area (Å²) in [5.74, 6) is 1.69. The second kappa shape index (κ2) is 9.05. The summed E-state index contributed by atoms with van der Waals surface area (Å²) in [5, 5.41) is 3.17. The van der Waals surface area contributed by atoms with E-state index in [-0.39, 0.29) is 11.8 Å². The van der Waals surface area contributed by atoms with Crippen LogP contribution in [0.1, 0.15) is 29.9 Å². The number of carbonyl (C=O) groups is 1.